The highest BCUT2D eigenvalue weighted by Crippen LogP contribution is 2.20. The van der Waals surface area contributed by atoms with Gasteiger partial charge in [-0.2, -0.15) is 0 Å². The van der Waals surface area contributed by atoms with Gasteiger partial charge < -0.3 is 10.1 Å². The van der Waals surface area contributed by atoms with Gasteiger partial charge in [0, 0.05) is 12.8 Å². The predicted molar refractivity (Wildman–Crippen MR) is 82.0 cm³/mol. The second-order valence-electron chi connectivity index (χ2n) is 5.35. The molecule has 1 unspecified atom stereocenters. The van der Waals surface area contributed by atoms with Gasteiger partial charge in [-0.1, -0.05) is 26.8 Å². The molecule has 0 fully saturated rings. The molecule has 0 aliphatic carbocycles. The third-order valence-electron chi connectivity index (χ3n) is 3.04. The summed E-state index contributed by atoms with van der Waals surface area (Å²) in [7, 11) is -3.20. The summed E-state index contributed by atoms with van der Waals surface area (Å²) in [5.74, 6) is 0.950. The first-order chi connectivity index (χ1) is 9.34. The highest BCUT2D eigenvalue weighted by molar-refractivity contribution is 7.90. The number of ether oxygens (including phenoxy) is 1. The van der Waals surface area contributed by atoms with Crippen LogP contribution in [-0.2, 0) is 9.84 Å². The minimum absolute atomic E-state index is 0.0244. The SMILES string of the molecule is CCCNCC(Oc1cccc(S(C)(=O)=O)c1)C(C)C. The van der Waals surface area contributed by atoms with Crippen molar-refractivity contribution in [2.45, 2.75) is 38.2 Å². The summed E-state index contributed by atoms with van der Waals surface area (Å²) >= 11 is 0. The van der Waals surface area contributed by atoms with Crippen molar-refractivity contribution >= 4 is 9.84 Å². The van der Waals surface area contributed by atoms with E-state index in [1.807, 2.05) is 0 Å². The minimum atomic E-state index is -3.20. The molecule has 5 heteroatoms. The van der Waals surface area contributed by atoms with Crippen molar-refractivity contribution in [3.05, 3.63) is 24.3 Å². The van der Waals surface area contributed by atoms with E-state index >= 15 is 0 Å². The van der Waals surface area contributed by atoms with Crippen molar-refractivity contribution in [1.82, 2.24) is 5.32 Å². The van der Waals surface area contributed by atoms with Crippen molar-refractivity contribution in [3.63, 3.8) is 0 Å². The molecular weight excluding hydrogens is 274 g/mol. The van der Waals surface area contributed by atoms with E-state index in [2.05, 4.69) is 26.1 Å². The van der Waals surface area contributed by atoms with Crippen LogP contribution in [0.2, 0.25) is 0 Å². The maximum absolute atomic E-state index is 11.5. The van der Waals surface area contributed by atoms with E-state index in [1.54, 1.807) is 24.3 Å². The van der Waals surface area contributed by atoms with Crippen LogP contribution in [-0.4, -0.2) is 33.9 Å². The molecule has 0 aliphatic rings. The van der Waals surface area contributed by atoms with Gasteiger partial charge in [0.05, 0.1) is 4.90 Å². The Morgan fingerprint density at radius 3 is 2.55 bits per heavy atom. The fraction of sp³-hybridized carbons (Fsp3) is 0.600. The molecule has 1 aromatic carbocycles. The molecule has 0 spiro atoms. The molecule has 114 valence electrons. The van der Waals surface area contributed by atoms with Crippen molar-refractivity contribution in [1.29, 1.82) is 0 Å². The number of hydrogen-bond donors (Lipinski definition) is 1. The summed E-state index contributed by atoms with van der Waals surface area (Å²) in [6, 6.07) is 6.68. The van der Waals surface area contributed by atoms with Crippen LogP contribution < -0.4 is 10.1 Å². The largest absolute Gasteiger partial charge is 0.489 e. The molecule has 1 atom stereocenters. The van der Waals surface area contributed by atoms with Gasteiger partial charge in [-0.05, 0) is 37.1 Å². The zero-order valence-electron chi connectivity index (χ0n) is 12.7. The standard InChI is InChI=1S/C15H25NO3S/c1-5-9-16-11-15(12(2)3)19-13-7-6-8-14(10-13)20(4,17)18/h6-8,10,12,15-16H,5,9,11H2,1-4H3. The van der Waals surface area contributed by atoms with Crippen LogP contribution in [0.3, 0.4) is 0 Å². The zero-order valence-corrected chi connectivity index (χ0v) is 13.5. The van der Waals surface area contributed by atoms with Crippen LogP contribution in [0, 0.1) is 5.92 Å². The zero-order chi connectivity index (χ0) is 15.2. The molecule has 0 aromatic heterocycles. The van der Waals surface area contributed by atoms with Crippen LogP contribution in [0.5, 0.6) is 5.75 Å². The van der Waals surface area contributed by atoms with Crippen molar-refractivity contribution < 1.29 is 13.2 Å². The summed E-state index contributed by atoms with van der Waals surface area (Å²) < 4.78 is 29.0. The summed E-state index contributed by atoms with van der Waals surface area (Å²) in [6.45, 7) is 8.02. The molecule has 0 radical (unpaired) electrons. The number of nitrogens with one attached hydrogen (secondary N) is 1. The number of sulfone groups is 1. The lowest BCUT2D eigenvalue weighted by atomic mass is 10.1. The van der Waals surface area contributed by atoms with Crippen LogP contribution >= 0.6 is 0 Å². The highest BCUT2D eigenvalue weighted by atomic mass is 32.2. The first kappa shape index (κ1) is 17.0. The van der Waals surface area contributed by atoms with E-state index < -0.39 is 9.84 Å². The first-order valence-corrected chi connectivity index (χ1v) is 8.91. The van der Waals surface area contributed by atoms with E-state index in [0.717, 1.165) is 19.5 Å². The van der Waals surface area contributed by atoms with E-state index in [9.17, 15) is 8.42 Å². The normalized spacial score (nSPS) is 13.4. The van der Waals surface area contributed by atoms with Gasteiger partial charge in [-0.3, -0.25) is 0 Å². The lowest BCUT2D eigenvalue weighted by Crippen LogP contribution is -2.35. The maximum atomic E-state index is 11.5. The Bertz CT molecular complexity index is 512. The molecule has 0 saturated carbocycles. The monoisotopic (exact) mass is 299 g/mol. The summed E-state index contributed by atoms with van der Waals surface area (Å²) in [5, 5.41) is 3.34. The summed E-state index contributed by atoms with van der Waals surface area (Å²) in [5.41, 5.74) is 0. The van der Waals surface area contributed by atoms with Crippen LogP contribution in [0.25, 0.3) is 0 Å². The lowest BCUT2D eigenvalue weighted by molar-refractivity contribution is 0.149. The Morgan fingerprint density at radius 1 is 1.30 bits per heavy atom. The van der Waals surface area contributed by atoms with Crippen molar-refractivity contribution in [2.24, 2.45) is 5.92 Å². The Balaban J connectivity index is 2.78. The Labute approximate surface area is 122 Å². The fourth-order valence-electron chi connectivity index (χ4n) is 1.79. The molecule has 20 heavy (non-hydrogen) atoms. The van der Waals surface area contributed by atoms with Gasteiger partial charge in [0.2, 0.25) is 0 Å². The third kappa shape index (κ3) is 5.51. The lowest BCUT2D eigenvalue weighted by Gasteiger charge is -2.23. The van der Waals surface area contributed by atoms with Crippen LogP contribution in [0.1, 0.15) is 27.2 Å². The second kappa shape index (κ2) is 7.64. The molecule has 1 aromatic rings. The Kier molecular flexibility index (Phi) is 6.49. The molecule has 0 saturated heterocycles. The van der Waals surface area contributed by atoms with Crippen LogP contribution in [0.15, 0.2) is 29.2 Å². The fourth-order valence-corrected chi connectivity index (χ4v) is 2.44. The molecule has 4 nitrogen and oxygen atoms in total. The molecule has 0 bridgehead atoms. The highest BCUT2D eigenvalue weighted by Gasteiger charge is 2.16. The minimum Gasteiger partial charge on any atom is -0.489 e. The van der Waals surface area contributed by atoms with Gasteiger partial charge in [-0.25, -0.2) is 8.42 Å². The predicted octanol–water partition coefficient (Wildman–Crippen LogP) is 2.49. The first-order valence-electron chi connectivity index (χ1n) is 7.02. The topological polar surface area (TPSA) is 55.4 Å². The molecule has 1 rings (SSSR count). The van der Waals surface area contributed by atoms with Crippen molar-refractivity contribution in [3.8, 4) is 5.75 Å². The maximum Gasteiger partial charge on any atom is 0.175 e. The van der Waals surface area contributed by atoms with Gasteiger partial charge >= 0.3 is 0 Å². The van der Waals surface area contributed by atoms with Crippen LogP contribution in [0.4, 0.5) is 0 Å². The quantitative estimate of drug-likeness (QED) is 0.749. The Hall–Kier alpha value is -1.07. The van der Waals surface area contributed by atoms with E-state index in [1.165, 1.54) is 6.26 Å². The van der Waals surface area contributed by atoms with Gasteiger partial charge in [0.25, 0.3) is 0 Å². The number of benzene rings is 1. The van der Waals surface area contributed by atoms with Gasteiger partial charge in [0.1, 0.15) is 11.9 Å². The van der Waals surface area contributed by atoms with Crippen molar-refractivity contribution in [2.75, 3.05) is 19.3 Å². The molecule has 0 amide bonds. The van der Waals surface area contributed by atoms with Gasteiger partial charge in [0.15, 0.2) is 9.84 Å². The summed E-state index contributed by atoms with van der Waals surface area (Å²) in [4.78, 5) is 0.291. The average Bonchev–Trinajstić information content (AvgIpc) is 2.37. The molecular formula is C15H25NO3S. The second-order valence-corrected chi connectivity index (χ2v) is 7.37. The number of hydrogen-bond acceptors (Lipinski definition) is 4. The van der Waals surface area contributed by atoms with E-state index in [-0.39, 0.29) is 6.10 Å². The average molecular weight is 299 g/mol. The van der Waals surface area contributed by atoms with Gasteiger partial charge in [-0.15, -0.1) is 0 Å². The summed E-state index contributed by atoms with van der Waals surface area (Å²) in [6.07, 6.45) is 2.31. The Morgan fingerprint density at radius 2 is 2.00 bits per heavy atom. The number of rotatable bonds is 8. The third-order valence-corrected chi connectivity index (χ3v) is 4.15. The molecule has 0 heterocycles. The molecule has 1 N–H and O–H groups in total. The van der Waals surface area contributed by atoms with E-state index in [4.69, 9.17) is 4.74 Å². The smallest absolute Gasteiger partial charge is 0.175 e. The van der Waals surface area contributed by atoms with E-state index in [0.29, 0.717) is 16.6 Å². The molecule has 0 aliphatic heterocycles.